The number of anilines is 1. The largest absolute Gasteiger partial charge is 0.432 e. The minimum Gasteiger partial charge on any atom is -0.432 e. The van der Waals surface area contributed by atoms with Crippen LogP contribution in [0.2, 0.25) is 0 Å². The van der Waals surface area contributed by atoms with Crippen molar-refractivity contribution in [1.29, 1.82) is 0 Å². The standard InChI is InChI=1S/C13H23N3O/c1-6-8-16(13(3,4)5)12-15-11(10-17-12)9-14-7-2/h6,10,14H,1,7-9H2,2-5H3. The van der Waals surface area contributed by atoms with Crippen molar-refractivity contribution in [2.75, 3.05) is 18.0 Å². The van der Waals surface area contributed by atoms with Crippen molar-refractivity contribution in [3.8, 4) is 0 Å². The summed E-state index contributed by atoms with van der Waals surface area (Å²) in [7, 11) is 0. The van der Waals surface area contributed by atoms with Gasteiger partial charge < -0.3 is 14.6 Å². The fraction of sp³-hybridized carbons (Fsp3) is 0.615. The Morgan fingerprint density at radius 3 is 2.76 bits per heavy atom. The number of aromatic nitrogens is 1. The molecule has 0 spiro atoms. The molecule has 4 heteroatoms. The molecule has 1 rings (SSSR count). The quantitative estimate of drug-likeness (QED) is 0.772. The lowest BCUT2D eigenvalue weighted by Crippen LogP contribution is -2.41. The Morgan fingerprint density at radius 1 is 1.53 bits per heavy atom. The first-order valence-electron chi connectivity index (χ1n) is 6.02. The SMILES string of the molecule is C=CCN(c1nc(CNCC)co1)C(C)(C)C. The third kappa shape index (κ3) is 3.89. The zero-order valence-corrected chi connectivity index (χ0v) is 11.3. The van der Waals surface area contributed by atoms with Gasteiger partial charge in [0, 0.05) is 18.6 Å². The summed E-state index contributed by atoms with van der Waals surface area (Å²) < 4.78 is 5.53. The van der Waals surface area contributed by atoms with Gasteiger partial charge in [-0.3, -0.25) is 0 Å². The minimum atomic E-state index is -0.0332. The van der Waals surface area contributed by atoms with Gasteiger partial charge in [-0.2, -0.15) is 4.98 Å². The molecule has 0 aliphatic carbocycles. The van der Waals surface area contributed by atoms with E-state index in [0.717, 1.165) is 25.3 Å². The van der Waals surface area contributed by atoms with E-state index >= 15 is 0 Å². The normalized spacial score (nSPS) is 11.5. The Labute approximate surface area is 104 Å². The molecule has 0 aliphatic heterocycles. The van der Waals surface area contributed by atoms with E-state index < -0.39 is 0 Å². The molecule has 0 atom stereocenters. The Morgan fingerprint density at radius 2 is 2.24 bits per heavy atom. The highest BCUT2D eigenvalue weighted by Crippen LogP contribution is 2.22. The zero-order valence-electron chi connectivity index (χ0n) is 11.3. The van der Waals surface area contributed by atoms with E-state index in [1.165, 1.54) is 0 Å². The highest BCUT2D eigenvalue weighted by molar-refractivity contribution is 5.32. The van der Waals surface area contributed by atoms with Gasteiger partial charge in [0.25, 0.3) is 6.01 Å². The van der Waals surface area contributed by atoms with Gasteiger partial charge in [-0.25, -0.2) is 0 Å². The highest BCUT2D eigenvalue weighted by atomic mass is 16.4. The van der Waals surface area contributed by atoms with Crippen molar-refractivity contribution in [3.05, 3.63) is 24.6 Å². The van der Waals surface area contributed by atoms with Crippen molar-refractivity contribution in [2.24, 2.45) is 0 Å². The number of nitrogens with one attached hydrogen (secondary N) is 1. The lowest BCUT2D eigenvalue weighted by atomic mass is 10.1. The molecule has 0 amide bonds. The first-order valence-corrected chi connectivity index (χ1v) is 6.02. The van der Waals surface area contributed by atoms with Gasteiger partial charge in [-0.15, -0.1) is 6.58 Å². The minimum absolute atomic E-state index is 0.0332. The van der Waals surface area contributed by atoms with Crippen LogP contribution in [0.1, 0.15) is 33.4 Å². The van der Waals surface area contributed by atoms with Crippen LogP contribution in [0, 0.1) is 0 Å². The van der Waals surface area contributed by atoms with Gasteiger partial charge >= 0.3 is 0 Å². The lowest BCUT2D eigenvalue weighted by Gasteiger charge is -2.33. The number of oxazole rings is 1. The predicted octanol–water partition coefficient (Wildman–Crippen LogP) is 2.58. The van der Waals surface area contributed by atoms with Crippen molar-refractivity contribution < 1.29 is 4.42 Å². The number of nitrogens with zero attached hydrogens (tertiary/aromatic N) is 2. The Bertz CT molecular complexity index is 352. The molecule has 1 aromatic heterocycles. The predicted molar refractivity (Wildman–Crippen MR) is 71.2 cm³/mol. The topological polar surface area (TPSA) is 41.3 Å². The number of hydrogen-bond donors (Lipinski definition) is 1. The third-order valence-electron chi connectivity index (χ3n) is 2.45. The van der Waals surface area contributed by atoms with E-state index in [0.29, 0.717) is 6.01 Å². The molecular formula is C13H23N3O. The summed E-state index contributed by atoms with van der Waals surface area (Å²) in [5.41, 5.74) is 0.897. The molecule has 1 heterocycles. The van der Waals surface area contributed by atoms with Crippen molar-refractivity contribution in [1.82, 2.24) is 10.3 Å². The summed E-state index contributed by atoms with van der Waals surface area (Å²) in [5.74, 6) is 0. The average Bonchev–Trinajstić information content (AvgIpc) is 2.69. The Kier molecular flexibility index (Phi) is 4.75. The second-order valence-corrected chi connectivity index (χ2v) is 4.97. The molecule has 0 saturated carbocycles. The second kappa shape index (κ2) is 5.87. The molecule has 17 heavy (non-hydrogen) atoms. The van der Waals surface area contributed by atoms with Crippen LogP contribution >= 0.6 is 0 Å². The van der Waals surface area contributed by atoms with Crippen LogP contribution in [0.5, 0.6) is 0 Å². The molecule has 0 unspecified atom stereocenters. The fourth-order valence-electron chi connectivity index (χ4n) is 1.52. The molecule has 4 nitrogen and oxygen atoms in total. The van der Waals surface area contributed by atoms with Crippen LogP contribution in [-0.4, -0.2) is 23.6 Å². The van der Waals surface area contributed by atoms with Crippen LogP contribution < -0.4 is 10.2 Å². The van der Waals surface area contributed by atoms with E-state index in [1.807, 2.05) is 6.08 Å². The van der Waals surface area contributed by atoms with Gasteiger partial charge in [-0.05, 0) is 27.3 Å². The summed E-state index contributed by atoms with van der Waals surface area (Å²) in [6, 6.07) is 0.658. The maximum atomic E-state index is 5.53. The smallest absolute Gasteiger partial charge is 0.298 e. The van der Waals surface area contributed by atoms with Crippen molar-refractivity contribution in [3.63, 3.8) is 0 Å². The van der Waals surface area contributed by atoms with Crippen LogP contribution in [0.15, 0.2) is 23.3 Å². The first-order chi connectivity index (χ1) is 7.99. The second-order valence-electron chi connectivity index (χ2n) is 4.97. The summed E-state index contributed by atoms with van der Waals surface area (Å²) in [5, 5.41) is 3.23. The van der Waals surface area contributed by atoms with E-state index in [2.05, 4.69) is 49.5 Å². The average molecular weight is 237 g/mol. The van der Waals surface area contributed by atoms with Gasteiger partial charge in [-0.1, -0.05) is 13.0 Å². The molecule has 0 aliphatic rings. The van der Waals surface area contributed by atoms with Gasteiger partial charge in [0.2, 0.25) is 0 Å². The Balaban J connectivity index is 2.80. The van der Waals surface area contributed by atoms with Crippen LogP contribution in [-0.2, 0) is 6.54 Å². The molecule has 96 valence electrons. The molecule has 0 aromatic carbocycles. The first kappa shape index (κ1) is 13.8. The van der Waals surface area contributed by atoms with Gasteiger partial charge in [0.05, 0.1) is 5.69 Å². The summed E-state index contributed by atoms with van der Waals surface area (Å²) in [6.45, 7) is 14.6. The monoisotopic (exact) mass is 237 g/mol. The summed E-state index contributed by atoms with van der Waals surface area (Å²) in [6.07, 6.45) is 3.57. The molecule has 0 fully saturated rings. The van der Waals surface area contributed by atoms with Crippen LogP contribution in [0.4, 0.5) is 6.01 Å². The molecule has 1 aromatic rings. The maximum Gasteiger partial charge on any atom is 0.298 e. The molecule has 0 radical (unpaired) electrons. The van der Waals surface area contributed by atoms with Crippen molar-refractivity contribution >= 4 is 6.01 Å². The molecule has 1 N–H and O–H groups in total. The number of rotatable bonds is 6. The maximum absolute atomic E-state index is 5.53. The Hall–Kier alpha value is -1.29. The van der Waals surface area contributed by atoms with Gasteiger partial charge in [0.1, 0.15) is 6.26 Å². The summed E-state index contributed by atoms with van der Waals surface area (Å²) in [4.78, 5) is 6.57. The fourth-order valence-corrected chi connectivity index (χ4v) is 1.52. The van der Waals surface area contributed by atoms with E-state index in [1.54, 1.807) is 6.26 Å². The van der Waals surface area contributed by atoms with Crippen LogP contribution in [0.3, 0.4) is 0 Å². The van der Waals surface area contributed by atoms with Crippen LogP contribution in [0.25, 0.3) is 0 Å². The highest BCUT2D eigenvalue weighted by Gasteiger charge is 2.24. The molecular weight excluding hydrogens is 214 g/mol. The summed E-state index contributed by atoms with van der Waals surface area (Å²) >= 11 is 0. The number of hydrogen-bond acceptors (Lipinski definition) is 4. The third-order valence-corrected chi connectivity index (χ3v) is 2.45. The molecule has 0 bridgehead atoms. The van der Waals surface area contributed by atoms with E-state index in [4.69, 9.17) is 4.42 Å². The van der Waals surface area contributed by atoms with E-state index in [-0.39, 0.29) is 5.54 Å². The molecule has 0 saturated heterocycles. The van der Waals surface area contributed by atoms with E-state index in [9.17, 15) is 0 Å². The zero-order chi connectivity index (χ0) is 12.9. The van der Waals surface area contributed by atoms with Crippen molar-refractivity contribution in [2.45, 2.75) is 39.8 Å². The lowest BCUT2D eigenvalue weighted by molar-refractivity contribution is 0.451. The van der Waals surface area contributed by atoms with Gasteiger partial charge in [0.15, 0.2) is 0 Å².